The second-order valence-electron chi connectivity index (χ2n) is 4.62. The smallest absolute Gasteiger partial charge is 0.237 e. The van der Waals surface area contributed by atoms with Crippen molar-refractivity contribution in [3.8, 4) is 11.8 Å². The third-order valence-corrected chi connectivity index (χ3v) is 4.08. The van der Waals surface area contributed by atoms with Gasteiger partial charge in [0, 0.05) is 10.6 Å². The summed E-state index contributed by atoms with van der Waals surface area (Å²) in [5, 5.41) is 11.4. The molecule has 0 heterocycles. The SMILES string of the molecule is COc1cccc(SC(C)C(=O)Nc2cccc(C#N)c2)c1. The number of nitrogens with one attached hydrogen (secondary N) is 1. The van der Waals surface area contributed by atoms with Crippen molar-refractivity contribution in [1.82, 2.24) is 0 Å². The molecule has 2 rings (SSSR count). The molecule has 0 aromatic heterocycles. The molecule has 0 saturated carbocycles. The van der Waals surface area contributed by atoms with E-state index in [2.05, 4.69) is 11.4 Å². The minimum atomic E-state index is -0.266. The van der Waals surface area contributed by atoms with Crippen LogP contribution in [0.5, 0.6) is 5.75 Å². The standard InChI is InChI=1S/C17H16N2O2S/c1-12(22-16-8-4-7-15(10-16)21-2)17(20)19-14-6-3-5-13(9-14)11-18/h3-10,12H,1-2H3,(H,19,20). The van der Waals surface area contributed by atoms with Gasteiger partial charge >= 0.3 is 0 Å². The molecule has 0 fully saturated rings. The third-order valence-electron chi connectivity index (χ3n) is 2.98. The first-order valence-electron chi connectivity index (χ1n) is 6.74. The molecule has 5 heteroatoms. The van der Waals surface area contributed by atoms with E-state index in [0.717, 1.165) is 10.6 Å². The number of amides is 1. The minimum absolute atomic E-state index is 0.108. The molecule has 0 aliphatic carbocycles. The number of thioether (sulfide) groups is 1. The van der Waals surface area contributed by atoms with Crippen molar-refractivity contribution >= 4 is 23.4 Å². The summed E-state index contributed by atoms with van der Waals surface area (Å²) in [6.07, 6.45) is 0. The Labute approximate surface area is 134 Å². The van der Waals surface area contributed by atoms with E-state index in [1.54, 1.807) is 31.4 Å². The van der Waals surface area contributed by atoms with E-state index in [1.165, 1.54) is 11.8 Å². The van der Waals surface area contributed by atoms with Crippen molar-refractivity contribution in [1.29, 1.82) is 5.26 Å². The van der Waals surface area contributed by atoms with Gasteiger partial charge in [-0.3, -0.25) is 4.79 Å². The fraction of sp³-hybridized carbons (Fsp3) is 0.176. The van der Waals surface area contributed by atoms with Crippen LogP contribution in [0.4, 0.5) is 5.69 Å². The van der Waals surface area contributed by atoms with Gasteiger partial charge in [-0.05, 0) is 43.3 Å². The highest BCUT2D eigenvalue weighted by atomic mass is 32.2. The molecule has 1 unspecified atom stereocenters. The lowest BCUT2D eigenvalue weighted by atomic mass is 10.2. The molecule has 1 amide bonds. The molecule has 0 aliphatic rings. The van der Waals surface area contributed by atoms with Crippen molar-refractivity contribution in [2.45, 2.75) is 17.1 Å². The summed E-state index contributed by atoms with van der Waals surface area (Å²) >= 11 is 1.45. The maximum atomic E-state index is 12.2. The lowest BCUT2D eigenvalue weighted by Crippen LogP contribution is -2.22. The zero-order valence-corrected chi connectivity index (χ0v) is 13.2. The third kappa shape index (κ3) is 4.27. The molecule has 1 N–H and O–H groups in total. The van der Waals surface area contributed by atoms with Crippen LogP contribution in [0.2, 0.25) is 0 Å². The Bertz CT molecular complexity index is 710. The Morgan fingerprint density at radius 3 is 2.77 bits per heavy atom. The molecule has 22 heavy (non-hydrogen) atoms. The van der Waals surface area contributed by atoms with E-state index in [-0.39, 0.29) is 11.2 Å². The van der Waals surface area contributed by atoms with Gasteiger partial charge in [-0.25, -0.2) is 0 Å². The Hall–Kier alpha value is -2.45. The number of ether oxygens (including phenoxy) is 1. The van der Waals surface area contributed by atoms with Gasteiger partial charge in [-0.1, -0.05) is 12.1 Å². The molecule has 0 saturated heterocycles. The highest BCUT2D eigenvalue weighted by molar-refractivity contribution is 8.00. The lowest BCUT2D eigenvalue weighted by molar-refractivity contribution is -0.115. The van der Waals surface area contributed by atoms with Gasteiger partial charge in [0.25, 0.3) is 0 Å². The Morgan fingerprint density at radius 2 is 2.05 bits per heavy atom. The van der Waals surface area contributed by atoms with Crippen LogP contribution in [0.25, 0.3) is 0 Å². The number of nitriles is 1. The summed E-state index contributed by atoms with van der Waals surface area (Å²) < 4.78 is 5.17. The zero-order chi connectivity index (χ0) is 15.9. The van der Waals surface area contributed by atoms with Crippen LogP contribution >= 0.6 is 11.8 Å². The maximum absolute atomic E-state index is 12.2. The Kier molecular flexibility index (Phi) is 5.45. The highest BCUT2D eigenvalue weighted by Gasteiger charge is 2.15. The first kappa shape index (κ1) is 15.9. The van der Waals surface area contributed by atoms with E-state index >= 15 is 0 Å². The van der Waals surface area contributed by atoms with Gasteiger partial charge in [0.1, 0.15) is 5.75 Å². The van der Waals surface area contributed by atoms with Crippen molar-refractivity contribution < 1.29 is 9.53 Å². The largest absolute Gasteiger partial charge is 0.497 e. The predicted octanol–water partition coefficient (Wildman–Crippen LogP) is 3.69. The van der Waals surface area contributed by atoms with Crippen LogP contribution in [-0.2, 0) is 4.79 Å². The second kappa shape index (κ2) is 7.53. The summed E-state index contributed by atoms with van der Waals surface area (Å²) in [4.78, 5) is 13.2. The maximum Gasteiger partial charge on any atom is 0.237 e. The van der Waals surface area contributed by atoms with Gasteiger partial charge in [-0.2, -0.15) is 5.26 Å². The Balaban J connectivity index is 2.01. The fourth-order valence-corrected chi connectivity index (χ4v) is 2.76. The van der Waals surface area contributed by atoms with E-state index in [4.69, 9.17) is 10.00 Å². The lowest BCUT2D eigenvalue weighted by Gasteiger charge is -2.12. The van der Waals surface area contributed by atoms with Crippen molar-refractivity contribution in [3.05, 3.63) is 54.1 Å². The number of benzene rings is 2. The predicted molar refractivity (Wildman–Crippen MR) is 88.1 cm³/mol. The number of carbonyl (C=O) groups is 1. The molecular formula is C17H16N2O2S. The van der Waals surface area contributed by atoms with Crippen LogP contribution in [-0.4, -0.2) is 18.3 Å². The van der Waals surface area contributed by atoms with Crippen LogP contribution in [0.3, 0.4) is 0 Å². The molecule has 0 radical (unpaired) electrons. The number of hydrogen-bond donors (Lipinski definition) is 1. The topological polar surface area (TPSA) is 62.1 Å². The molecule has 2 aromatic carbocycles. The molecule has 0 aliphatic heterocycles. The summed E-state index contributed by atoms with van der Waals surface area (Å²) in [7, 11) is 1.61. The van der Waals surface area contributed by atoms with Crippen LogP contribution < -0.4 is 10.1 Å². The summed E-state index contributed by atoms with van der Waals surface area (Å²) in [5.74, 6) is 0.655. The molecule has 4 nitrogen and oxygen atoms in total. The number of carbonyl (C=O) groups excluding carboxylic acids is 1. The molecule has 0 bridgehead atoms. The Morgan fingerprint density at radius 1 is 1.27 bits per heavy atom. The van der Waals surface area contributed by atoms with Gasteiger partial charge in [-0.15, -0.1) is 11.8 Å². The monoisotopic (exact) mass is 312 g/mol. The van der Waals surface area contributed by atoms with Crippen molar-refractivity contribution in [2.75, 3.05) is 12.4 Å². The molecular weight excluding hydrogens is 296 g/mol. The van der Waals surface area contributed by atoms with Crippen molar-refractivity contribution in [3.63, 3.8) is 0 Å². The van der Waals surface area contributed by atoms with Gasteiger partial charge in [0.15, 0.2) is 0 Å². The average molecular weight is 312 g/mol. The number of methoxy groups -OCH3 is 1. The number of nitrogens with zero attached hydrogens (tertiary/aromatic N) is 1. The summed E-state index contributed by atoms with van der Waals surface area (Å²) in [5.41, 5.74) is 1.15. The number of hydrogen-bond acceptors (Lipinski definition) is 4. The second-order valence-corrected chi connectivity index (χ2v) is 6.04. The van der Waals surface area contributed by atoms with Crippen LogP contribution in [0.15, 0.2) is 53.4 Å². The van der Waals surface area contributed by atoms with Crippen LogP contribution in [0, 0.1) is 11.3 Å². The average Bonchev–Trinajstić information content (AvgIpc) is 2.55. The molecule has 0 spiro atoms. The van der Waals surface area contributed by atoms with Crippen LogP contribution in [0.1, 0.15) is 12.5 Å². The molecule has 112 valence electrons. The van der Waals surface area contributed by atoms with Crippen molar-refractivity contribution in [2.24, 2.45) is 0 Å². The van der Waals surface area contributed by atoms with Gasteiger partial charge < -0.3 is 10.1 Å². The first-order valence-corrected chi connectivity index (χ1v) is 7.62. The van der Waals surface area contributed by atoms with E-state index in [1.807, 2.05) is 31.2 Å². The number of rotatable bonds is 5. The normalized spacial score (nSPS) is 11.3. The highest BCUT2D eigenvalue weighted by Crippen LogP contribution is 2.27. The van der Waals surface area contributed by atoms with E-state index in [0.29, 0.717) is 11.3 Å². The summed E-state index contributed by atoms with van der Waals surface area (Å²) in [6.45, 7) is 1.84. The number of anilines is 1. The summed E-state index contributed by atoms with van der Waals surface area (Å²) in [6, 6.07) is 16.5. The fourth-order valence-electron chi connectivity index (χ4n) is 1.84. The van der Waals surface area contributed by atoms with Gasteiger partial charge in [0.2, 0.25) is 5.91 Å². The van der Waals surface area contributed by atoms with Gasteiger partial charge in [0.05, 0.1) is 24.0 Å². The zero-order valence-electron chi connectivity index (χ0n) is 12.4. The first-order chi connectivity index (χ1) is 10.6. The minimum Gasteiger partial charge on any atom is -0.497 e. The molecule has 2 aromatic rings. The quantitative estimate of drug-likeness (QED) is 0.855. The van der Waals surface area contributed by atoms with E-state index in [9.17, 15) is 4.79 Å². The van der Waals surface area contributed by atoms with E-state index < -0.39 is 0 Å². The molecule has 1 atom stereocenters.